The minimum absolute atomic E-state index is 0. The molecule has 0 rings (SSSR count). The molecule has 0 fully saturated rings. The number of hydrogen-bond acceptors (Lipinski definition) is 1. The van der Waals surface area contributed by atoms with Crippen LogP contribution in [0, 0.1) is 0 Å². The molecule has 5 heteroatoms. The Labute approximate surface area is 121 Å². The molecule has 0 unspecified atom stereocenters. The maximum absolute atomic E-state index is 9.00. The molecule has 2 amide bonds. The molecule has 0 heterocycles. The van der Waals surface area contributed by atoms with Crippen LogP contribution in [0.2, 0.25) is 0 Å². The number of carbonyl (C=O) groups is 1. The third-order valence-corrected chi connectivity index (χ3v) is 0. The van der Waals surface area contributed by atoms with Crippen LogP contribution in [-0.2, 0) is 0 Å². The van der Waals surface area contributed by atoms with Crippen LogP contribution in [-0.4, -0.2) is 109 Å². The van der Waals surface area contributed by atoms with Gasteiger partial charge in [-0.3, -0.25) is 0 Å². The van der Waals surface area contributed by atoms with Gasteiger partial charge in [0.05, 0.1) is 0 Å². The van der Waals surface area contributed by atoms with Crippen molar-refractivity contribution in [1.29, 1.82) is 0 Å². The molecule has 0 saturated heterocycles. The van der Waals surface area contributed by atoms with Gasteiger partial charge in [0.2, 0.25) is 0 Å². The Kier molecular flexibility index (Phi) is 27.7. The smallest absolute Gasteiger partial charge is 0.309 e. The molecule has 0 aromatic carbocycles. The van der Waals surface area contributed by atoms with Crippen LogP contribution in [0.25, 0.3) is 0 Å². The first kappa shape index (κ1) is 15.8. The standard InChI is InChI=1S/CH4N2O.2K/c2-1(3)4;;/h(H4,2,3,4);;. The molecule has 3 nitrogen and oxygen atoms in total. The molecule has 0 aliphatic heterocycles. The first-order chi connectivity index (χ1) is 1.73. The number of hydrogen-bond donors (Lipinski definition) is 2. The predicted octanol–water partition coefficient (Wildman–Crippen LogP) is -1.74. The molecule has 0 aromatic rings. The summed E-state index contributed by atoms with van der Waals surface area (Å²) in [4.78, 5) is 9.00. The summed E-state index contributed by atoms with van der Waals surface area (Å²) in [5.74, 6) is 0. The molecule has 0 atom stereocenters. The van der Waals surface area contributed by atoms with Crippen molar-refractivity contribution >= 4 is 109 Å². The fourth-order valence-electron chi connectivity index (χ4n) is 0. The van der Waals surface area contributed by atoms with Crippen molar-refractivity contribution in [3.05, 3.63) is 0 Å². The van der Waals surface area contributed by atoms with Crippen LogP contribution in [0.5, 0.6) is 0 Å². The van der Waals surface area contributed by atoms with Gasteiger partial charge < -0.3 is 11.5 Å². The first-order valence-corrected chi connectivity index (χ1v) is 0.781. The molecule has 0 bridgehead atoms. The monoisotopic (exact) mass is 138 g/mol. The molecule has 0 saturated carbocycles. The zero-order valence-electron chi connectivity index (χ0n) is 4.06. The first-order valence-electron chi connectivity index (χ1n) is 0.781. The van der Waals surface area contributed by atoms with Crippen LogP contribution < -0.4 is 11.5 Å². The SMILES string of the molecule is NC(N)=O.[K].[K]. The summed E-state index contributed by atoms with van der Waals surface area (Å²) in [5, 5.41) is 0. The van der Waals surface area contributed by atoms with E-state index >= 15 is 0 Å². The quantitative estimate of drug-likeness (QED) is 0.383. The Morgan fingerprint density at radius 1 is 1.17 bits per heavy atom. The molecule has 26 valence electrons. The van der Waals surface area contributed by atoms with E-state index in [2.05, 4.69) is 11.5 Å². The molecule has 4 N–H and O–H groups in total. The van der Waals surface area contributed by atoms with Gasteiger partial charge in [-0.25, -0.2) is 4.79 Å². The Morgan fingerprint density at radius 2 is 1.17 bits per heavy atom. The van der Waals surface area contributed by atoms with Crippen molar-refractivity contribution in [1.82, 2.24) is 0 Å². The van der Waals surface area contributed by atoms with Gasteiger partial charge in [0, 0.05) is 103 Å². The van der Waals surface area contributed by atoms with Gasteiger partial charge in [0.1, 0.15) is 0 Å². The molecular formula is CH4K2N2O. The van der Waals surface area contributed by atoms with Gasteiger partial charge in [-0.05, 0) is 0 Å². The molecule has 0 aliphatic carbocycles. The van der Waals surface area contributed by atoms with Crippen LogP contribution in [0.1, 0.15) is 0 Å². The van der Waals surface area contributed by atoms with Gasteiger partial charge in [0.25, 0.3) is 0 Å². The normalized spacial score (nSPS) is 4.00. The van der Waals surface area contributed by atoms with Crippen molar-refractivity contribution in [2.45, 2.75) is 0 Å². The van der Waals surface area contributed by atoms with E-state index in [4.69, 9.17) is 4.79 Å². The molecule has 0 aromatic heterocycles. The van der Waals surface area contributed by atoms with Crippen molar-refractivity contribution in [2.24, 2.45) is 11.5 Å². The van der Waals surface area contributed by atoms with E-state index in [-0.39, 0.29) is 103 Å². The summed E-state index contributed by atoms with van der Waals surface area (Å²) in [6, 6.07) is -0.833. The van der Waals surface area contributed by atoms with Gasteiger partial charge in [-0.15, -0.1) is 0 Å². The average molecular weight is 138 g/mol. The number of carbonyl (C=O) groups excluding carboxylic acids is 1. The zero-order valence-corrected chi connectivity index (χ0v) is 10.3. The summed E-state index contributed by atoms with van der Waals surface area (Å²) < 4.78 is 0. The summed E-state index contributed by atoms with van der Waals surface area (Å²) >= 11 is 0. The van der Waals surface area contributed by atoms with E-state index < -0.39 is 6.03 Å². The minimum atomic E-state index is -0.833. The second-order valence-corrected chi connectivity index (χ2v) is 0.402. The Hall–Kier alpha value is 2.54. The average Bonchev–Trinajstić information content (AvgIpc) is 0.811. The van der Waals surface area contributed by atoms with E-state index in [0.717, 1.165) is 0 Å². The second-order valence-electron chi connectivity index (χ2n) is 0.402. The van der Waals surface area contributed by atoms with Crippen LogP contribution in [0.4, 0.5) is 4.79 Å². The fraction of sp³-hybridized carbons (Fsp3) is 0. The summed E-state index contributed by atoms with van der Waals surface area (Å²) in [6.07, 6.45) is 0. The van der Waals surface area contributed by atoms with Crippen LogP contribution in [0.15, 0.2) is 0 Å². The zero-order chi connectivity index (χ0) is 3.58. The van der Waals surface area contributed by atoms with E-state index in [1.807, 2.05) is 0 Å². The van der Waals surface area contributed by atoms with Gasteiger partial charge in [-0.1, -0.05) is 0 Å². The maximum atomic E-state index is 9.00. The number of rotatable bonds is 0. The Morgan fingerprint density at radius 3 is 1.17 bits per heavy atom. The number of primary amides is 2. The van der Waals surface area contributed by atoms with Crippen molar-refractivity contribution in [2.75, 3.05) is 0 Å². The number of nitrogens with two attached hydrogens (primary N) is 2. The van der Waals surface area contributed by atoms with Gasteiger partial charge >= 0.3 is 6.03 Å². The van der Waals surface area contributed by atoms with E-state index in [9.17, 15) is 0 Å². The molecule has 0 spiro atoms. The summed E-state index contributed by atoms with van der Waals surface area (Å²) in [7, 11) is 0. The van der Waals surface area contributed by atoms with Gasteiger partial charge in [-0.2, -0.15) is 0 Å². The van der Waals surface area contributed by atoms with Crippen molar-refractivity contribution < 1.29 is 4.79 Å². The maximum Gasteiger partial charge on any atom is 0.309 e. The van der Waals surface area contributed by atoms with Crippen LogP contribution >= 0.6 is 0 Å². The van der Waals surface area contributed by atoms with Crippen molar-refractivity contribution in [3.63, 3.8) is 0 Å². The second kappa shape index (κ2) is 10.5. The molecular weight excluding hydrogens is 134 g/mol. The Balaban J connectivity index is -0.0000000450. The largest absolute Gasteiger partial charge is 0.352 e. The molecule has 0 aliphatic rings. The third-order valence-electron chi connectivity index (χ3n) is 0. The predicted molar refractivity (Wildman–Crippen MR) is 25.3 cm³/mol. The third kappa shape index (κ3) is 31.1. The number of urea groups is 1. The van der Waals surface area contributed by atoms with E-state index in [1.165, 1.54) is 0 Å². The van der Waals surface area contributed by atoms with E-state index in [1.54, 1.807) is 0 Å². The minimum Gasteiger partial charge on any atom is -0.352 e. The molecule has 6 heavy (non-hydrogen) atoms. The van der Waals surface area contributed by atoms with Crippen molar-refractivity contribution in [3.8, 4) is 0 Å². The summed E-state index contributed by atoms with van der Waals surface area (Å²) in [6.45, 7) is 0. The Bertz CT molecular complexity index is 34.5. The van der Waals surface area contributed by atoms with Gasteiger partial charge in [0.15, 0.2) is 0 Å². The fourth-order valence-corrected chi connectivity index (χ4v) is 0. The van der Waals surface area contributed by atoms with E-state index in [0.29, 0.717) is 0 Å². The number of amides is 2. The molecule has 2 radical (unpaired) electrons. The topological polar surface area (TPSA) is 69.1 Å². The van der Waals surface area contributed by atoms with Crippen LogP contribution in [0.3, 0.4) is 0 Å². The summed E-state index contributed by atoms with van der Waals surface area (Å²) in [5.41, 5.74) is 8.50.